The number of benzene rings is 1. The molecule has 0 bridgehead atoms. The maximum atomic E-state index is 5.55. The van der Waals surface area contributed by atoms with E-state index in [2.05, 4.69) is 30.9 Å². The molecular weight excluding hydrogens is 244 g/mol. The summed E-state index contributed by atoms with van der Waals surface area (Å²) in [5, 5.41) is 0. The summed E-state index contributed by atoms with van der Waals surface area (Å²) in [5.41, 5.74) is 4.42. The summed E-state index contributed by atoms with van der Waals surface area (Å²) >= 11 is 0. The molecular formula is C19H28O. The van der Waals surface area contributed by atoms with Crippen molar-refractivity contribution in [2.24, 2.45) is 0 Å². The lowest BCUT2D eigenvalue weighted by Crippen LogP contribution is -1.91. The molecule has 0 saturated carbocycles. The van der Waals surface area contributed by atoms with Crippen LogP contribution in [0.25, 0.3) is 0 Å². The normalized spacial score (nSPS) is 10.1. The Hall–Kier alpha value is -1.30. The van der Waals surface area contributed by atoms with Gasteiger partial charge in [-0.3, -0.25) is 0 Å². The molecule has 0 radical (unpaired) electrons. The lowest BCUT2D eigenvalue weighted by Gasteiger charge is -1.99. The first-order valence-electron chi connectivity index (χ1n) is 7.94. The highest BCUT2D eigenvalue weighted by atomic mass is 16.5. The van der Waals surface area contributed by atoms with Gasteiger partial charge >= 0.3 is 0 Å². The molecule has 1 aromatic carbocycles. The zero-order chi connectivity index (χ0) is 14.3. The van der Waals surface area contributed by atoms with E-state index in [1.165, 1.54) is 44.1 Å². The Labute approximate surface area is 124 Å². The van der Waals surface area contributed by atoms with Crippen LogP contribution in [0.5, 0.6) is 0 Å². The average Bonchev–Trinajstić information content (AvgIpc) is 2.49. The van der Waals surface area contributed by atoms with Crippen LogP contribution in [0.4, 0.5) is 0 Å². The molecule has 0 fully saturated rings. The van der Waals surface area contributed by atoms with E-state index in [9.17, 15) is 0 Å². The molecule has 20 heavy (non-hydrogen) atoms. The van der Waals surface area contributed by atoms with Gasteiger partial charge in [0.15, 0.2) is 0 Å². The van der Waals surface area contributed by atoms with Crippen LogP contribution in [0, 0.1) is 0 Å². The summed E-state index contributed by atoms with van der Waals surface area (Å²) in [6, 6.07) is 10.3. The smallest absolute Gasteiger partial charge is 0.0725 e. The van der Waals surface area contributed by atoms with Gasteiger partial charge in [0, 0.05) is 0 Å². The van der Waals surface area contributed by atoms with Crippen molar-refractivity contribution in [3.05, 3.63) is 53.8 Å². The van der Waals surface area contributed by atoms with E-state index in [0.717, 1.165) is 6.42 Å². The third-order valence-corrected chi connectivity index (χ3v) is 3.25. The van der Waals surface area contributed by atoms with E-state index < -0.39 is 0 Å². The van der Waals surface area contributed by atoms with Crippen molar-refractivity contribution in [3.8, 4) is 0 Å². The van der Waals surface area contributed by atoms with Gasteiger partial charge in [-0.2, -0.15) is 0 Å². The van der Waals surface area contributed by atoms with Crippen molar-refractivity contribution in [2.45, 2.75) is 58.5 Å². The first kappa shape index (κ1) is 16.8. The maximum absolute atomic E-state index is 5.55. The average molecular weight is 272 g/mol. The van der Waals surface area contributed by atoms with E-state index in [4.69, 9.17) is 4.74 Å². The van der Waals surface area contributed by atoms with Crippen LogP contribution in [0.1, 0.15) is 57.4 Å². The molecule has 0 unspecified atom stereocenters. The Bertz CT molecular complexity index is 374. The number of ether oxygens (including phenoxy) is 1. The molecule has 1 nitrogen and oxygen atoms in total. The van der Waals surface area contributed by atoms with Gasteiger partial charge in [0.2, 0.25) is 0 Å². The highest BCUT2D eigenvalue weighted by Crippen LogP contribution is 2.06. The summed E-state index contributed by atoms with van der Waals surface area (Å²) < 4.78 is 5.55. The first-order chi connectivity index (χ1) is 9.93. The van der Waals surface area contributed by atoms with E-state index in [1.807, 2.05) is 24.3 Å². The topological polar surface area (TPSA) is 9.23 Å². The highest BCUT2D eigenvalue weighted by molar-refractivity contribution is 5.13. The summed E-state index contributed by atoms with van der Waals surface area (Å²) in [6.07, 6.45) is 13.4. The SMILES string of the molecule is CCCCCCCCC=C=CCOCc1ccccc1. The molecule has 0 aromatic heterocycles. The van der Waals surface area contributed by atoms with Crippen molar-refractivity contribution in [1.29, 1.82) is 0 Å². The van der Waals surface area contributed by atoms with E-state index in [1.54, 1.807) is 0 Å². The lowest BCUT2D eigenvalue weighted by atomic mass is 10.1. The predicted molar refractivity (Wildman–Crippen MR) is 86.7 cm³/mol. The lowest BCUT2D eigenvalue weighted by molar-refractivity contribution is 0.149. The fourth-order valence-corrected chi connectivity index (χ4v) is 2.05. The standard InChI is InChI=1S/C19H28O/c1-2-3-4-5-6-7-8-9-10-14-17-20-18-19-15-12-11-13-16-19/h9,11-16H,2-8,17-18H2,1H3. The molecule has 0 aliphatic carbocycles. The third-order valence-electron chi connectivity index (χ3n) is 3.25. The Morgan fingerprint density at radius 3 is 2.50 bits per heavy atom. The fraction of sp³-hybridized carbons (Fsp3) is 0.526. The molecule has 0 spiro atoms. The van der Waals surface area contributed by atoms with Crippen LogP contribution in [0.2, 0.25) is 0 Å². The van der Waals surface area contributed by atoms with Gasteiger partial charge in [-0.25, -0.2) is 0 Å². The van der Waals surface area contributed by atoms with Gasteiger partial charge < -0.3 is 4.74 Å². The van der Waals surface area contributed by atoms with Gasteiger partial charge in [-0.05, 0) is 30.6 Å². The predicted octanol–water partition coefficient (Wildman–Crippen LogP) is 5.67. The fourth-order valence-electron chi connectivity index (χ4n) is 2.05. The third kappa shape index (κ3) is 9.61. The Kier molecular flexibility index (Phi) is 10.7. The van der Waals surface area contributed by atoms with Gasteiger partial charge in [-0.1, -0.05) is 69.4 Å². The molecule has 1 aromatic rings. The minimum absolute atomic E-state index is 0.641. The van der Waals surface area contributed by atoms with Crippen LogP contribution >= 0.6 is 0 Å². The molecule has 110 valence electrons. The minimum Gasteiger partial charge on any atom is -0.372 e. The van der Waals surface area contributed by atoms with E-state index >= 15 is 0 Å². The molecule has 0 N–H and O–H groups in total. The molecule has 1 rings (SSSR count). The monoisotopic (exact) mass is 272 g/mol. The van der Waals surface area contributed by atoms with Gasteiger partial charge in [-0.15, -0.1) is 5.73 Å². The van der Waals surface area contributed by atoms with E-state index in [0.29, 0.717) is 13.2 Å². The summed E-state index contributed by atoms with van der Waals surface area (Å²) in [4.78, 5) is 0. The van der Waals surface area contributed by atoms with Gasteiger partial charge in [0.05, 0.1) is 13.2 Å². The second kappa shape index (κ2) is 12.7. The van der Waals surface area contributed by atoms with Crippen LogP contribution in [-0.4, -0.2) is 6.61 Å². The van der Waals surface area contributed by atoms with Gasteiger partial charge in [0.25, 0.3) is 0 Å². The minimum atomic E-state index is 0.641. The van der Waals surface area contributed by atoms with Crippen molar-refractivity contribution < 1.29 is 4.74 Å². The second-order valence-corrected chi connectivity index (χ2v) is 5.13. The number of unbranched alkanes of at least 4 members (excludes halogenated alkanes) is 6. The largest absolute Gasteiger partial charge is 0.372 e. The van der Waals surface area contributed by atoms with Crippen LogP contribution in [0.3, 0.4) is 0 Å². The molecule has 0 aliphatic rings. The van der Waals surface area contributed by atoms with Crippen LogP contribution in [0.15, 0.2) is 48.2 Å². The number of hydrogen-bond acceptors (Lipinski definition) is 1. The second-order valence-electron chi connectivity index (χ2n) is 5.13. The van der Waals surface area contributed by atoms with Crippen molar-refractivity contribution >= 4 is 0 Å². The van der Waals surface area contributed by atoms with Crippen molar-refractivity contribution in [3.63, 3.8) is 0 Å². The molecule has 0 heterocycles. The number of rotatable bonds is 11. The Morgan fingerprint density at radius 1 is 0.950 bits per heavy atom. The Morgan fingerprint density at radius 2 is 1.70 bits per heavy atom. The highest BCUT2D eigenvalue weighted by Gasteiger charge is 1.89. The zero-order valence-corrected chi connectivity index (χ0v) is 12.8. The first-order valence-corrected chi connectivity index (χ1v) is 7.94. The van der Waals surface area contributed by atoms with Gasteiger partial charge in [0.1, 0.15) is 0 Å². The quantitative estimate of drug-likeness (QED) is 0.373. The van der Waals surface area contributed by atoms with Crippen molar-refractivity contribution in [1.82, 2.24) is 0 Å². The Balaban J connectivity index is 1.94. The van der Waals surface area contributed by atoms with Crippen molar-refractivity contribution in [2.75, 3.05) is 6.61 Å². The molecule has 0 saturated heterocycles. The number of hydrogen-bond donors (Lipinski definition) is 0. The van der Waals surface area contributed by atoms with E-state index in [-0.39, 0.29) is 0 Å². The van der Waals surface area contributed by atoms with Crippen LogP contribution in [-0.2, 0) is 11.3 Å². The molecule has 0 aliphatic heterocycles. The zero-order valence-electron chi connectivity index (χ0n) is 12.8. The molecule has 0 atom stereocenters. The summed E-state index contributed by atoms with van der Waals surface area (Å²) in [7, 11) is 0. The molecule has 0 amide bonds. The summed E-state index contributed by atoms with van der Waals surface area (Å²) in [5.74, 6) is 0. The van der Waals surface area contributed by atoms with Crippen LogP contribution < -0.4 is 0 Å². The summed E-state index contributed by atoms with van der Waals surface area (Å²) in [6.45, 7) is 3.58. The maximum Gasteiger partial charge on any atom is 0.0725 e. The molecule has 1 heteroatoms.